The fourth-order valence-corrected chi connectivity index (χ4v) is 1.69. The van der Waals surface area contributed by atoms with Crippen molar-refractivity contribution < 1.29 is 5.32 Å². The normalized spacial score (nSPS) is 10.1. The summed E-state index contributed by atoms with van der Waals surface area (Å²) >= 11 is 9.99. The van der Waals surface area contributed by atoms with Crippen molar-refractivity contribution in [2.24, 2.45) is 11.8 Å². The summed E-state index contributed by atoms with van der Waals surface area (Å²) < 4.78 is 0.609. The molecule has 0 aliphatic rings. The van der Waals surface area contributed by atoms with Gasteiger partial charge in [-0.2, -0.15) is 0 Å². The van der Waals surface area contributed by atoms with Crippen molar-refractivity contribution in [1.29, 1.82) is 0 Å². The van der Waals surface area contributed by atoms with Crippen LogP contribution in [-0.4, -0.2) is 35.4 Å². The third-order valence-corrected chi connectivity index (χ3v) is 2.52. The van der Waals surface area contributed by atoms with E-state index in [4.69, 9.17) is 24.8 Å². The van der Waals surface area contributed by atoms with Crippen LogP contribution in [0.2, 0.25) is 0 Å². The summed E-state index contributed by atoms with van der Waals surface area (Å²) in [6, 6.07) is 0. The molecule has 0 saturated heterocycles. The van der Waals surface area contributed by atoms with Crippen LogP contribution in [0.1, 0.15) is 41.5 Å². The van der Waals surface area contributed by atoms with Gasteiger partial charge in [-0.3, -0.25) is 0 Å². The molecule has 17 heavy (non-hydrogen) atoms. The molecule has 0 spiro atoms. The Morgan fingerprint density at radius 3 is 1.53 bits per heavy atom. The molecule has 0 aromatic carbocycles. The molecule has 0 unspecified atom stereocenters. The molecule has 0 rings (SSSR count). The van der Waals surface area contributed by atoms with Crippen molar-refractivity contribution in [1.82, 2.24) is 4.90 Å². The smallest absolute Gasteiger partial charge is 0.0726 e. The second-order valence-corrected chi connectivity index (χ2v) is 6.10. The molecule has 0 aliphatic carbocycles. The molecule has 104 valence electrons. The van der Waals surface area contributed by atoms with Gasteiger partial charge in [0.05, 0.1) is 13.1 Å². The van der Waals surface area contributed by atoms with Crippen LogP contribution in [0.5, 0.6) is 0 Å². The molecule has 0 fully saturated rings. The Hall–Kier alpha value is 0.0700. The van der Waals surface area contributed by atoms with Gasteiger partial charge in [0.25, 0.3) is 0 Å². The van der Waals surface area contributed by atoms with Crippen LogP contribution in [0, 0.1) is 11.8 Å². The third-order valence-electron chi connectivity index (χ3n) is 2.01. The minimum Gasteiger partial charge on any atom is -0.411 e. The lowest BCUT2D eigenvalue weighted by molar-refractivity contribution is -0.648. The largest absolute Gasteiger partial charge is 0.411 e. The predicted octanol–water partition coefficient (Wildman–Crippen LogP) is 2.02. The van der Waals surface area contributed by atoms with Gasteiger partial charge in [-0.1, -0.05) is 32.0 Å². The first-order chi connectivity index (χ1) is 7.84. The molecule has 0 saturated carbocycles. The second kappa shape index (κ2) is 12.5. The Labute approximate surface area is 119 Å². The van der Waals surface area contributed by atoms with Crippen molar-refractivity contribution in [2.75, 3.05) is 26.2 Å². The van der Waals surface area contributed by atoms with Crippen LogP contribution in [0.4, 0.5) is 0 Å². The zero-order valence-electron chi connectivity index (χ0n) is 12.3. The van der Waals surface area contributed by atoms with E-state index >= 15 is 0 Å². The minimum absolute atomic E-state index is 0.609. The Balaban J connectivity index is 0. The standard InChI is InChI=1S/C9H19NS2.C4H11N/c1-7(2)5-10(9(11)12)6-8(3)4;1-3-5-4-2/h7-8H,5-6H2,1-4H3,(H,11,12);5H,3-4H2,1-2H3. The van der Waals surface area contributed by atoms with E-state index in [-0.39, 0.29) is 0 Å². The molecule has 0 aromatic rings. The van der Waals surface area contributed by atoms with Crippen molar-refractivity contribution in [3.05, 3.63) is 0 Å². The lowest BCUT2D eigenvalue weighted by atomic mass is 10.1. The van der Waals surface area contributed by atoms with E-state index < -0.39 is 0 Å². The number of nitrogens with two attached hydrogens (primary N) is 1. The molecule has 4 heteroatoms. The van der Waals surface area contributed by atoms with Crippen molar-refractivity contribution in [3.63, 3.8) is 0 Å². The van der Waals surface area contributed by atoms with Crippen molar-refractivity contribution in [3.8, 4) is 0 Å². The zero-order valence-corrected chi connectivity index (χ0v) is 14.0. The van der Waals surface area contributed by atoms with Crippen LogP contribution < -0.4 is 5.32 Å². The van der Waals surface area contributed by atoms with E-state index in [1.54, 1.807) is 0 Å². The van der Waals surface area contributed by atoms with E-state index in [1.165, 1.54) is 13.1 Å². The third kappa shape index (κ3) is 16.1. The van der Waals surface area contributed by atoms with Gasteiger partial charge in [0.15, 0.2) is 0 Å². The Morgan fingerprint density at radius 2 is 1.41 bits per heavy atom. The van der Waals surface area contributed by atoms with Gasteiger partial charge in [0.1, 0.15) is 0 Å². The lowest BCUT2D eigenvalue weighted by Crippen LogP contribution is -2.82. The van der Waals surface area contributed by atoms with E-state index in [2.05, 4.69) is 51.8 Å². The summed E-state index contributed by atoms with van der Waals surface area (Å²) in [5.41, 5.74) is 0. The van der Waals surface area contributed by atoms with Crippen LogP contribution in [0.3, 0.4) is 0 Å². The fourth-order valence-electron chi connectivity index (χ4n) is 1.39. The number of rotatable bonds is 6. The highest BCUT2D eigenvalue weighted by molar-refractivity contribution is 8.00. The molecular formula is C13H30N2S2. The zero-order chi connectivity index (χ0) is 13.8. The maximum Gasteiger partial charge on any atom is 0.0726 e. The maximum absolute atomic E-state index is 4.99. The van der Waals surface area contributed by atoms with Gasteiger partial charge in [-0.25, -0.2) is 0 Å². The molecule has 0 amide bonds. The van der Waals surface area contributed by atoms with E-state index in [0.29, 0.717) is 16.2 Å². The van der Waals surface area contributed by atoms with Crippen LogP contribution in [-0.2, 0) is 12.6 Å². The molecule has 0 atom stereocenters. The highest BCUT2D eigenvalue weighted by atomic mass is 32.1. The first kappa shape index (κ1) is 19.4. The molecule has 2 N–H and O–H groups in total. The van der Waals surface area contributed by atoms with Gasteiger partial charge in [-0.15, -0.1) is 0 Å². The first-order valence-electron chi connectivity index (χ1n) is 6.62. The lowest BCUT2D eigenvalue weighted by Gasteiger charge is -2.31. The van der Waals surface area contributed by atoms with Crippen LogP contribution in [0.25, 0.3) is 0 Å². The molecule has 0 aliphatic heterocycles. The average Bonchev–Trinajstić information content (AvgIpc) is 2.17. The molecule has 0 bridgehead atoms. The van der Waals surface area contributed by atoms with Gasteiger partial charge < -0.3 is 35.1 Å². The maximum atomic E-state index is 4.99. The monoisotopic (exact) mass is 278 g/mol. The molecule has 0 heterocycles. The summed E-state index contributed by atoms with van der Waals surface area (Å²) in [4.78, 5) is 2.11. The van der Waals surface area contributed by atoms with E-state index in [9.17, 15) is 0 Å². The number of quaternary nitrogens is 1. The minimum atomic E-state index is 0.609. The highest BCUT2D eigenvalue weighted by Crippen LogP contribution is 2.04. The van der Waals surface area contributed by atoms with Gasteiger partial charge >= 0.3 is 0 Å². The summed E-state index contributed by atoms with van der Waals surface area (Å²) in [5.74, 6) is 1.26. The van der Waals surface area contributed by atoms with Gasteiger partial charge in [0.2, 0.25) is 0 Å². The molecule has 0 radical (unpaired) electrons. The summed E-state index contributed by atoms with van der Waals surface area (Å²) in [7, 11) is 0. The van der Waals surface area contributed by atoms with Gasteiger partial charge in [0, 0.05) is 13.1 Å². The summed E-state index contributed by atoms with van der Waals surface area (Å²) in [5, 5.41) is 2.25. The van der Waals surface area contributed by atoms with E-state index in [1.807, 2.05) is 0 Å². The number of thiocarbonyl (C=S) groups is 1. The Kier molecular flexibility index (Phi) is 14.3. The first-order valence-corrected chi connectivity index (χ1v) is 7.44. The number of hydrogen-bond acceptors (Lipinski definition) is 2. The summed E-state index contributed by atoms with van der Waals surface area (Å²) in [6.45, 7) is 17.4. The predicted molar refractivity (Wildman–Crippen MR) is 84.2 cm³/mol. The number of nitrogens with zero attached hydrogens (tertiary/aromatic N) is 1. The second-order valence-electron chi connectivity index (χ2n) is 5.06. The van der Waals surface area contributed by atoms with Gasteiger partial charge in [-0.05, 0) is 25.7 Å². The van der Waals surface area contributed by atoms with Crippen molar-refractivity contribution >= 4 is 29.2 Å². The average molecular weight is 279 g/mol. The fraction of sp³-hybridized carbons (Fsp3) is 0.923. The van der Waals surface area contributed by atoms with Crippen LogP contribution >= 0.6 is 12.2 Å². The quantitative estimate of drug-likeness (QED) is 0.593. The Bertz CT molecular complexity index is 170. The SMILES string of the molecule is CC(C)CN(CC(C)C)C(=S)[S-].CC[NH2+]CC. The van der Waals surface area contributed by atoms with Crippen molar-refractivity contribution in [2.45, 2.75) is 41.5 Å². The molecule has 0 aromatic heterocycles. The molecule has 2 nitrogen and oxygen atoms in total. The number of hydrogen-bond donors (Lipinski definition) is 1. The van der Waals surface area contributed by atoms with Crippen LogP contribution in [0.15, 0.2) is 0 Å². The topological polar surface area (TPSA) is 19.9 Å². The highest BCUT2D eigenvalue weighted by Gasteiger charge is 2.05. The molecular weight excluding hydrogens is 248 g/mol. The Morgan fingerprint density at radius 1 is 1.06 bits per heavy atom. The summed E-state index contributed by atoms with van der Waals surface area (Å²) in [6.07, 6.45) is 0. The van der Waals surface area contributed by atoms with E-state index in [0.717, 1.165) is 13.1 Å².